The number of methoxy groups -OCH3 is 1. The Kier molecular flexibility index (Phi) is 4.45. The summed E-state index contributed by atoms with van der Waals surface area (Å²) in [4.78, 5) is 10.8. The van der Waals surface area contributed by atoms with E-state index in [1.54, 1.807) is 0 Å². The van der Waals surface area contributed by atoms with Crippen LogP contribution in [0, 0.1) is 11.6 Å². The van der Waals surface area contributed by atoms with Gasteiger partial charge in [-0.05, 0) is 17.7 Å². The third kappa shape index (κ3) is 3.75. The van der Waals surface area contributed by atoms with Gasteiger partial charge in [-0.25, -0.2) is 8.78 Å². The number of primary amides is 1. The number of halogens is 2. The van der Waals surface area contributed by atoms with E-state index in [2.05, 4.69) is 10.1 Å². The fourth-order valence-electron chi connectivity index (χ4n) is 1.14. The minimum Gasteiger partial charge on any atom is -0.490 e. The van der Waals surface area contributed by atoms with Crippen LogP contribution in [0.3, 0.4) is 0 Å². The van der Waals surface area contributed by atoms with Crippen LogP contribution in [0.1, 0.15) is 5.56 Å². The third-order valence-electron chi connectivity index (χ3n) is 1.99. The summed E-state index contributed by atoms with van der Waals surface area (Å²) in [6.07, 6.45) is 1.27. The highest BCUT2D eigenvalue weighted by molar-refractivity contribution is 5.89. The molecule has 17 heavy (non-hydrogen) atoms. The second-order valence-electron chi connectivity index (χ2n) is 3.21. The highest BCUT2D eigenvalue weighted by Crippen LogP contribution is 2.08. The zero-order chi connectivity index (χ0) is 12.8. The zero-order valence-corrected chi connectivity index (χ0v) is 9.17. The standard InChI is InChI=1S/C11H12F2N2O2/c1-17-10(11(14)16)6-15-5-7-2-3-8(12)9(13)4-7/h2-4,6,15H,5H2,1H3,(H2,14,16)/b10-6+. The van der Waals surface area contributed by atoms with Gasteiger partial charge in [0.2, 0.25) is 0 Å². The molecule has 0 aliphatic rings. The number of hydrogen-bond donors (Lipinski definition) is 2. The van der Waals surface area contributed by atoms with Crippen molar-refractivity contribution in [3.05, 3.63) is 47.4 Å². The molecule has 0 bridgehead atoms. The molecule has 0 atom stereocenters. The van der Waals surface area contributed by atoms with E-state index in [-0.39, 0.29) is 12.3 Å². The van der Waals surface area contributed by atoms with Crippen molar-refractivity contribution in [1.29, 1.82) is 0 Å². The van der Waals surface area contributed by atoms with Gasteiger partial charge in [-0.15, -0.1) is 0 Å². The molecule has 0 fully saturated rings. The molecule has 1 amide bonds. The van der Waals surface area contributed by atoms with Gasteiger partial charge in [0.1, 0.15) is 0 Å². The van der Waals surface area contributed by atoms with Crippen LogP contribution >= 0.6 is 0 Å². The van der Waals surface area contributed by atoms with E-state index in [4.69, 9.17) is 5.73 Å². The van der Waals surface area contributed by atoms with E-state index < -0.39 is 17.5 Å². The molecule has 0 saturated carbocycles. The van der Waals surface area contributed by atoms with Crippen molar-refractivity contribution in [1.82, 2.24) is 5.32 Å². The number of rotatable bonds is 5. The first kappa shape index (κ1) is 13.0. The van der Waals surface area contributed by atoms with E-state index in [9.17, 15) is 13.6 Å². The monoisotopic (exact) mass is 242 g/mol. The van der Waals surface area contributed by atoms with Crippen LogP contribution in [0.2, 0.25) is 0 Å². The van der Waals surface area contributed by atoms with Crippen LogP contribution in [0.5, 0.6) is 0 Å². The Balaban J connectivity index is 2.61. The zero-order valence-electron chi connectivity index (χ0n) is 9.17. The average molecular weight is 242 g/mol. The van der Waals surface area contributed by atoms with Gasteiger partial charge in [0.15, 0.2) is 17.4 Å². The lowest BCUT2D eigenvalue weighted by Gasteiger charge is -2.04. The predicted molar refractivity (Wildman–Crippen MR) is 57.5 cm³/mol. The van der Waals surface area contributed by atoms with Gasteiger partial charge < -0.3 is 15.8 Å². The van der Waals surface area contributed by atoms with Gasteiger partial charge in [-0.2, -0.15) is 0 Å². The summed E-state index contributed by atoms with van der Waals surface area (Å²) in [5, 5.41) is 2.70. The largest absolute Gasteiger partial charge is 0.490 e. The van der Waals surface area contributed by atoms with Gasteiger partial charge in [0, 0.05) is 12.7 Å². The summed E-state index contributed by atoms with van der Waals surface area (Å²) in [6.45, 7) is 0.220. The molecule has 0 heterocycles. The lowest BCUT2D eigenvalue weighted by molar-refractivity contribution is -0.117. The fourth-order valence-corrected chi connectivity index (χ4v) is 1.14. The summed E-state index contributed by atoms with van der Waals surface area (Å²) < 4.78 is 30.1. The van der Waals surface area contributed by atoms with Crippen LogP contribution in [0.15, 0.2) is 30.2 Å². The van der Waals surface area contributed by atoms with Crippen molar-refractivity contribution >= 4 is 5.91 Å². The van der Waals surface area contributed by atoms with Gasteiger partial charge in [0.05, 0.1) is 7.11 Å². The van der Waals surface area contributed by atoms with Crippen molar-refractivity contribution in [2.45, 2.75) is 6.54 Å². The maximum absolute atomic E-state index is 12.8. The van der Waals surface area contributed by atoms with E-state index in [1.165, 1.54) is 19.4 Å². The van der Waals surface area contributed by atoms with E-state index >= 15 is 0 Å². The van der Waals surface area contributed by atoms with Crippen LogP contribution in [-0.4, -0.2) is 13.0 Å². The average Bonchev–Trinajstić information content (AvgIpc) is 2.28. The number of nitrogens with one attached hydrogen (secondary N) is 1. The topological polar surface area (TPSA) is 64.3 Å². The van der Waals surface area contributed by atoms with Crippen LogP contribution in [0.25, 0.3) is 0 Å². The van der Waals surface area contributed by atoms with E-state index in [1.807, 2.05) is 0 Å². The molecule has 0 aliphatic carbocycles. The molecule has 1 aromatic carbocycles. The molecular formula is C11H12F2N2O2. The first-order valence-electron chi connectivity index (χ1n) is 4.76. The first-order chi connectivity index (χ1) is 8.04. The smallest absolute Gasteiger partial charge is 0.285 e. The Morgan fingerprint density at radius 1 is 1.47 bits per heavy atom. The predicted octanol–water partition coefficient (Wildman–Crippen LogP) is 1.03. The maximum Gasteiger partial charge on any atom is 0.285 e. The molecule has 1 aromatic rings. The Morgan fingerprint density at radius 2 is 2.18 bits per heavy atom. The van der Waals surface area contributed by atoms with Crippen molar-refractivity contribution < 1.29 is 18.3 Å². The van der Waals surface area contributed by atoms with Crippen molar-refractivity contribution in [2.75, 3.05) is 7.11 Å². The fraction of sp³-hybridized carbons (Fsp3) is 0.182. The number of carbonyl (C=O) groups is 1. The van der Waals surface area contributed by atoms with Crippen LogP contribution in [0.4, 0.5) is 8.78 Å². The molecule has 4 nitrogen and oxygen atoms in total. The number of ether oxygens (including phenoxy) is 1. The van der Waals surface area contributed by atoms with Crippen LogP contribution in [-0.2, 0) is 16.1 Å². The van der Waals surface area contributed by atoms with Crippen molar-refractivity contribution in [3.63, 3.8) is 0 Å². The molecule has 3 N–H and O–H groups in total. The number of carbonyl (C=O) groups excluding carboxylic acids is 1. The summed E-state index contributed by atoms with van der Waals surface area (Å²) in [6, 6.07) is 3.52. The van der Waals surface area contributed by atoms with Crippen molar-refractivity contribution in [2.24, 2.45) is 5.73 Å². The summed E-state index contributed by atoms with van der Waals surface area (Å²) in [7, 11) is 1.30. The van der Waals surface area contributed by atoms with E-state index in [0.717, 1.165) is 12.1 Å². The van der Waals surface area contributed by atoms with Crippen molar-refractivity contribution in [3.8, 4) is 0 Å². The minimum atomic E-state index is -0.921. The molecule has 0 saturated heterocycles. The molecule has 6 heteroatoms. The molecule has 1 rings (SSSR count). The number of nitrogens with two attached hydrogens (primary N) is 1. The number of benzene rings is 1. The summed E-state index contributed by atoms with van der Waals surface area (Å²) >= 11 is 0. The van der Waals surface area contributed by atoms with Crippen LogP contribution < -0.4 is 11.1 Å². The van der Waals surface area contributed by atoms with Gasteiger partial charge >= 0.3 is 0 Å². The Bertz CT molecular complexity index is 447. The second-order valence-corrected chi connectivity index (χ2v) is 3.21. The molecule has 0 radical (unpaired) electrons. The van der Waals surface area contributed by atoms with E-state index in [0.29, 0.717) is 5.56 Å². The molecule has 0 aromatic heterocycles. The normalized spacial score (nSPS) is 11.1. The highest BCUT2D eigenvalue weighted by atomic mass is 19.2. The quantitative estimate of drug-likeness (QED) is 0.598. The maximum atomic E-state index is 12.8. The lowest BCUT2D eigenvalue weighted by Crippen LogP contribution is -2.18. The lowest BCUT2D eigenvalue weighted by atomic mass is 10.2. The molecular weight excluding hydrogens is 230 g/mol. The van der Waals surface area contributed by atoms with Gasteiger partial charge in [-0.3, -0.25) is 4.79 Å². The molecule has 0 aliphatic heterocycles. The summed E-state index contributed by atoms with van der Waals surface area (Å²) in [5.41, 5.74) is 5.52. The Hall–Kier alpha value is -2.11. The minimum absolute atomic E-state index is 0.0485. The SMILES string of the molecule is CO/C(=C/NCc1ccc(F)c(F)c1)C(N)=O. The van der Waals surface area contributed by atoms with Gasteiger partial charge in [0.25, 0.3) is 5.91 Å². The molecule has 92 valence electrons. The first-order valence-corrected chi connectivity index (χ1v) is 4.76. The molecule has 0 spiro atoms. The Morgan fingerprint density at radius 3 is 2.71 bits per heavy atom. The number of amides is 1. The molecule has 0 unspecified atom stereocenters. The number of hydrogen-bond acceptors (Lipinski definition) is 3. The van der Waals surface area contributed by atoms with Gasteiger partial charge in [-0.1, -0.05) is 6.07 Å². The summed E-state index contributed by atoms with van der Waals surface area (Å²) in [5.74, 6) is -2.59. The Labute approximate surface area is 97.1 Å². The second kappa shape index (κ2) is 5.83. The third-order valence-corrected chi connectivity index (χ3v) is 1.99. The highest BCUT2D eigenvalue weighted by Gasteiger charge is 2.04.